The SMILES string of the molecule is CC(C)OCCS(=O)(=O)N(C)CCCCCBr. The number of halogens is 1. The van der Waals surface area contributed by atoms with Crippen LogP contribution in [0.25, 0.3) is 0 Å². The highest BCUT2D eigenvalue weighted by molar-refractivity contribution is 9.09. The molecule has 0 unspecified atom stereocenters. The molecule has 0 rings (SSSR count). The van der Waals surface area contributed by atoms with Crippen LogP contribution in [-0.4, -0.2) is 50.1 Å². The standard InChI is InChI=1S/C11H24BrNO3S/c1-11(2)16-9-10-17(14,15)13(3)8-6-4-5-7-12/h11H,4-10H2,1-3H3. The van der Waals surface area contributed by atoms with E-state index in [1.165, 1.54) is 4.31 Å². The third-order valence-corrected chi connectivity index (χ3v) is 4.75. The van der Waals surface area contributed by atoms with Gasteiger partial charge in [0.15, 0.2) is 0 Å². The molecule has 0 saturated heterocycles. The van der Waals surface area contributed by atoms with Gasteiger partial charge in [-0.1, -0.05) is 22.4 Å². The highest BCUT2D eigenvalue weighted by Gasteiger charge is 2.17. The van der Waals surface area contributed by atoms with Gasteiger partial charge in [-0.15, -0.1) is 0 Å². The summed E-state index contributed by atoms with van der Waals surface area (Å²) in [4.78, 5) is 0. The van der Waals surface area contributed by atoms with Crippen molar-refractivity contribution >= 4 is 26.0 Å². The molecule has 0 radical (unpaired) electrons. The smallest absolute Gasteiger partial charge is 0.216 e. The van der Waals surface area contributed by atoms with Gasteiger partial charge in [0, 0.05) is 18.9 Å². The van der Waals surface area contributed by atoms with Crippen LogP contribution < -0.4 is 0 Å². The van der Waals surface area contributed by atoms with Crippen molar-refractivity contribution in [2.45, 2.75) is 39.2 Å². The van der Waals surface area contributed by atoms with E-state index in [2.05, 4.69) is 15.9 Å². The average Bonchev–Trinajstić information content (AvgIpc) is 2.23. The third kappa shape index (κ3) is 8.99. The fourth-order valence-corrected chi connectivity index (χ4v) is 2.71. The Hall–Kier alpha value is 0.350. The summed E-state index contributed by atoms with van der Waals surface area (Å²) in [5, 5.41) is 0.978. The van der Waals surface area contributed by atoms with Gasteiger partial charge in [-0.25, -0.2) is 12.7 Å². The van der Waals surface area contributed by atoms with E-state index in [4.69, 9.17) is 4.74 Å². The van der Waals surface area contributed by atoms with E-state index >= 15 is 0 Å². The molecule has 0 aliphatic rings. The van der Waals surface area contributed by atoms with Crippen molar-refractivity contribution in [2.24, 2.45) is 0 Å². The van der Waals surface area contributed by atoms with Crippen molar-refractivity contribution in [1.82, 2.24) is 4.31 Å². The molecule has 17 heavy (non-hydrogen) atoms. The summed E-state index contributed by atoms with van der Waals surface area (Å²) in [7, 11) is -1.51. The predicted molar refractivity (Wildman–Crippen MR) is 75.1 cm³/mol. The molecule has 0 fully saturated rings. The van der Waals surface area contributed by atoms with E-state index in [0.717, 1.165) is 24.6 Å². The zero-order valence-corrected chi connectivity index (χ0v) is 13.4. The first-order chi connectivity index (χ1) is 7.90. The average molecular weight is 330 g/mol. The molecular formula is C11H24BrNO3S. The number of alkyl halides is 1. The topological polar surface area (TPSA) is 46.6 Å². The second kappa shape index (κ2) is 9.30. The molecule has 0 N–H and O–H groups in total. The molecule has 6 heteroatoms. The Bertz CT molecular complexity index is 280. The van der Waals surface area contributed by atoms with Crippen LogP contribution in [0.1, 0.15) is 33.1 Å². The third-order valence-electron chi connectivity index (χ3n) is 2.37. The fraction of sp³-hybridized carbons (Fsp3) is 1.00. The van der Waals surface area contributed by atoms with Crippen molar-refractivity contribution in [3.8, 4) is 0 Å². The van der Waals surface area contributed by atoms with Crippen LogP contribution in [0.2, 0.25) is 0 Å². The Balaban J connectivity index is 3.86. The van der Waals surface area contributed by atoms with Crippen LogP contribution in [0.15, 0.2) is 0 Å². The predicted octanol–water partition coefficient (Wildman–Crippen LogP) is 2.24. The Kier molecular flexibility index (Phi) is 9.49. The van der Waals surface area contributed by atoms with Gasteiger partial charge in [0.25, 0.3) is 0 Å². The minimum Gasteiger partial charge on any atom is -0.378 e. The van der Waals surface area contributed by atoms with Crippen LogP contribution in [-0.2, 0) is 14.8 Å². The summed E-state index contributed by atoms with van der Waals surface area (Å²) in [6.45, 7) is 4.66. The van der Waals surface area contributed by atoms with Crippen molar-refractivity contribution in [1.29, 1.82) is 0 Å². The lowest BCUT2D eigenvalue weighted by molar-refractivity contribution is 0.0907. The summed E-state index contributed by atoms with van der Waals surface area (Å²) in [5.74, 6) is 0.0696. The summed E-state index contributed by atoms with van der Waals surface area (Å²) in [6, 6.07) is 0. The molecule has 0 aromatic heterocycles. The van der Waals surface area contributed by atoms with Gasteiger partial charge < -0.3 is 4.74 Å². The normalized spacial score (nSPS) is 12.6. The highest BCUT2D eigenvalue weighted by Crippen LogP contribution is 2.04. The molecule has 0 heterocycles. The van der Waals surface area contributed by atoms with Gasteiger partial charge in [-0.05, 0) is 26.7 Å². The number of ether oxygens (including phenoxy) is 1. The maximum Gasteiger partial charge on any atom is 0.216 e. The fourth-order valence-electron chi connectivity index (χ4n) is 1.29. The quantitative estimate of drug-likeness (QED) is 0.456. The van der Waals surface area contributed by atoms with Gasteiger partial charge in [0.1, 0.15) is 0 Å². The van der Waals surface area contributed by atoms with E-state index in [1.807, 2.05) is 13.8 Å². The van der Waals surface area contributed by atoms with Crippen molar-refractivity contribution < 1.29 is 13.2 Å². The molecule has 0 aromatic rings. The summed E-state index contributed by atoms with van der Waals surface area (Å²) < 4.78 is 30.3. The van der Waals surface area contributed by atoms with Crippen LogP contribution in [0.3, 0.4) is 0 Å². The van der Waals surface area contributed by atoms with E-state index in [-0.39, 0.29) is 18.5 Å². The maximum atomic E-state index is 11.8. The van der Waals surface area contributed by atoms with Gasteiger partial charge >= 0.3 is 0 Å². The zero-order chi connectivity index (χ0) is 13.3. The molecule has 4 nitrogen and oxygen atoms in total. The molecule has 0 aliphatic carbocycles. The number of hydrogen-bond donors (Lipinski definition) is 0. The van der Waals surface area contributed by atoms with Crippen molar-refractivity contribution in [3.63, 3.8) is 0 Å². The second-order valence-corrected chi connectivity index (χ2v) is 7.30. The number of sulfonamides is 1. The minimum absolute atomic E-state index is 0.0696. The van der Waals surface area contributed by atoms with Crippen LogP contribution in [0, 0.1) is 0 Å². The van der Waals surface area contributed by atoms with Gasteiger partial charge in [-0.2, -0.15) is 0 Å². The van der Waals surface area contributed by atoms with E-state index < -0.39 is 10.0 Å². The molecule has 0 saturated carbocycles. The molecule has 0 amide bonds. The first-order valence-electron chi connectivity index (χ1n) is 6.01. The van der Waals surface area contributed by atoms with Crippen molar-refractivity contribution in [2.75, 3.05) is 31.3 Å². The maximum absolute atomic E-state index is 11.8. The van der Waals surface area contributed by atoms with E-state index in [1.54, 1.807) is 7.05 Å². The zero-order valence-electron chi connectivity index (χ0n) is 11.0. The van der Waals surface area contributed by atoms with Crippen molar-refractivity contribution in [3.05, 3.63) is 0 Å². The number of hydrogen-bond acceptors (Lipinski definition) is 3. The van der Waals surface area contributed by atoms with E-state index in [0.29, 0.717) is 6.54 Å². The minimum atomic E-state index is -3.15. The lowest BCUT2D eigenvalue weighted by atomic mass is 10.2. The second-order valence-electron chi connectivity index (χ2n) is 4.31. The monoisotopic (exact) mass is 329 g/mol. The van der Waals surface area contributed by atoms with Gasteiger partial charge in [-0.3, -0.25) is 0 Å². The van der Waals surface area contributed by atoms with Gasteiger partial charge in [0.05, 0.1) is 18.5 Å². The molecule has 0 aromatic carbocycles. The number of nitrogens with zero attached hydrogens (tertiary/aromatic N) is 1. The summed E-state index contributed by atoms with van der Waals surface area (Å²) >= 11 is 3.36. The number of rotatable bonds is 10. The molecule has 0 atom stereocenters. The lowest BCUT2D eigenvalue weighted by Gasteiger charge is -2.17. The van der Waals surface area contributed by atoms with Crippen LogP contribution in [0.4, 0.5) is 0 Å². The molecule has 0 bridgehead atoms. The van der Waals surface area contributed by atoms with Gasteiger partial charge in [0.2, 0.25) is 10.0 Å². The molecule has 104 valence electrons. The Morgan fingerprint density at radius 2 is 1.88 bits per heavy atom. The van der Waals surface area contributed by atoms with E-state index in [9.17, 15) is 8.42 Å². The van der Waals surface area contributed by atoms with Crippen LogP contribution >= 0.6 is 15.9 Å². The summed E-state index contributed by atoms with van der Waals surface area (Å²) in [5.41, 5.74) is 0. The Labute approximate surface area is 114 Å². The van der Waals surface area contributed by atoms with Crippen LogP contribution in [0.5, 0.6) is 0 Å². The molecular weight excluding hydrogens is 306 g/mol. The Morgan fingerprint density at radius 3 is 2.41 bits per heavy atom. The number of unbranched alkanes of at least 4 members (excludes halogenated alkanes) is 2. The summed E-state index contributed by atoms with van der Waals surface area (Å²) in [6.07, 6.45) is 3.12. The lowest BCUT2D eigenvalue weighted by Crippen LogP contribution is -2.32. The molecule has 0 spiro atoms. The molecule has 0 aliphatic heterocycles. The first-order valence-corrected chi connectivity index (χ1v) is 8.74. The highest BCUT2D eigenvalue weighted by atomic mass is 79.9. The first kappa shape index (κ1) is 17.4. The largest absolute Gasteiger partial charge is 0.378 e. The Morgan fingerprint density at radius 1 is 1.24 bits per heavy atom.